The quantitative estimate of drug-likeness (QED) is 0.0402. The van der Waals surface area contributed by atoms with E-state index in [1.807, 2.05) is 0 Å². The number of hydrogen-bond donors (Lipinski definition) is 1. The topological polar surface area (TPSA) is 142 Å². The van der Waals surface area contributed by atoms with E-state index in [0.29, 0.717) is 0 Å². The fourth-order valence-electron chi connectivity index (χ4n) is 3.35. The van der Waals surface area contributed by atoms with Gasteiger partial charge < -0.3 is 14.6 Å². The Morgan fingerprint density at radius 1 is 1.26 bits per heavy atom. The highest BCUT2D eigenvalue weighted by Gasteiger charge is 2.71. The summed E-state index contributed by atoms with van der Waals surface area (Å²) in [5, 5.41) is 13.1. The number of hydrogen-bond acceptors (Lipinski definition) is 7. The first-order valence-electron chi connectivity index (χ1n) is 9.97. The minimum atomic E-state index is -2.17. The third-order valence-corrected chi connectivity index (χ3v) is 9.78. The van der Waals surface area contributed by atoms with Crippen LogP contribution in [0.3, 0.4) is 0 Å². The summed E-state index contributed by atoms with van der Waals surface area (Å²) < 4.78 is 15.8. The predicted molar refractivity (Wildman–Crippen MR) is 138 cm³/mol. The zero-order valence-electron chi connectivity index (χ0n) is 18.4. The lowest BCUT2D eigenvalue weighted by atomic mass is 9.99. The van der Waals surface area contributed by atoms with Gasteiger partial charge in [0.1, 0.15) is 16.1 Å². The molecule has 1 aliphatic heterocycles. The normalized spacial score (nSPS) is 20.9. The lowest BCUT2D eigenvalue weighted by Gasteiger charge is -2.52. The third kappa shape index (κ3) is 5.60. The van der Waals surface area contributed by atoms with Crippen molar-refractivity contribution in [1.82, 2.24) is 10.2 Å². The maximum atomic E-state index is 12.7. The van der Waals surface area contributed by atoms with E-state index in [1.165, 1.54) is 37.1 Å². The van der Waals surface area contributed by atoms with Gasteiger partial charge in [-0.05, 0) is 41.8 Å². The molecule has 4 unspecified atom stereocenters. The van der Waals surface area contributed by atoms with Crippen LogP contribution in [0.25, 0.3) is 11.1 Å². The average Bonchev–Trinajstić information content (AvgIpc) is 3.39. The van der Waals surface area contributed by atoms with Gasteiger partial charge in [0.05, 0.1) is 4.92 Å². The Kier molecular flexibility index (Phi) is 8.09. The Bertz CT molecular complexity index is 1190. The fraction of sp³-hybridized carbons (Fsp3) is 0.227. The van der Waals surface area contributed by atoms with Crippen LogP contribution in [-0.2, 0) is 24.8 Å². The molecule has 10 nitrogen and oxygen atoms in total. The summed E-state index contributed by atoms with van der Waals surface area (Å²) in [4.78, 5) is 47.8. The number of nitrogens with zero attached hydrogens (tertiary/aromatic N) is 2. The van der Waals surface area contributed by atoms with E-state index in [-0.39, 0.29) is 17.0 Å². The van der Waals surface area contributed by atoms with Crippen LogP contribution in [0, 0.1) is 10.1 Å². The highest BCUT2D eigenvalue weighted by atomic mass is 127. The molecule has 1 heterocycles. The number of nitrogens with one attached hydrogen (secondary N) is 1. The number of halogens is 2. The standard InChI is InChI=1S/C16H15ClIN3O7S.C6H4/c1-8(2)12(15(24)28-11-6-4-10(5-7-11)21(25)26)20-14(23)13(19-9(3)22)16(20,18)29(17)27;1-2-5-4-6(5)3-1/h4-7,12-13H,1H2,2-3H3,(H,19,22);1-4H. The number of nitro benzene ring substituents is 1. The average molecular weight is 632 g/mol. The lowest BCUT2D eigenvalue weighted by molar-refractivity contribution is -0.384. The molecular weight excluding hydrogens is 613 g/mol. The van der Waals surface area contributed by atoms with Crippen LogP contribution in [0.2, 0.25) is 0 Å². The summed E-state index contributed by atoms with van der Waals surface area (Å²) in [6.45, 7) is 6.34. The molecule has 0 bridgehead atoms. The molecule has 1 aromatic rings. The first-order valence-corrected chi connectivity index (χ1v) is 13.0. The van der Waals surface area contributed by atoms with Crippen LogP contribution >= 0.6 is 33.3 Å². The number of nitro groups is 1. The molecule has 1 saturated heterocycles. The number of benzene rings is 2. The van der Waals surface area contributed by atoms with Gasteiger partial charge in [0.15, 0.2) is 22.8 Å². The Hall–Kier alpha value is -2.68. The molecule has 0 aromatic heterocycles. The Balaban J connectivity index is 0.000000485. The fourth-order valence-corrected chi connectivity index (χ4v) is 5.48. The van der Waals surface area contributed by atoms with Crippen LogP contribution in [0.4, 0.5) is 5.69 Å². The van der Waals surface area contributed by atoms with Crippen molar-refractivity contribution >= 4 is 67.1 Å². The molecule has 0 spiro atoms. The highest BCUT2D eigenvalue weighted by molar-refractivity contribution is 14.1. The van der Waals surface area contributed by atoms with Crippen LogP contribution in [0.15, 0.2) is 60.7 Å². The maximum Gasteiger partial charge on any atom is 0.338 e. The van der Waals surface area contributed by atoms with Crippen molar-refractivity contribution in [3.63, 3.8) is 0 Å². The molecule has 0 saturated carbocycles. The van der Waals surface area contributed by atoms with E-state index in [0.717, 1.165) is 17.0 Å². The van der Waals surface area contributed by atoms with Crippen molar-refractivity contribution in [3.8, 4) is 16.9 Å². The molecule has 35 heavy (non-hydrogen) atoms. The van der Waals surface area contributed by atoms with Gasteiger partial charge in [0.2, 0.25) is 5.91 Å². The van der Waals surface area contributed by atoms with Gasteiger partial charge in [-0.2, -0.15) is 0 Å². The van der Waals surface area contributed by atoms with Crippen LogP contribution in [-0.4, -0.2) is 47.1 Å². The Morgan fingerprint density at radius 2 is 1.83 bits per heavy atom. The van der Waals surface area contributed by atoms with Crippen LogP contribution in [0.5, 0.6) is 5.75 Å². The number of carbonyl (C=O) groups is 3. The number of alkyl halides is 1. The van der Waals surface area contributed by atoms with Gasteiger partial charge in [-0.1, -0.05) is 24.8 Å². The van der Waals surface area contributed by atoms with E-state index in [2.05, 4.69) is 36.2 Å². The second kappa shape index (κ2) is 10.5. The number of rotatable bonds is 7. The molecule has 184 valence electrons. The van der Waals surface area contributed by atoms with Crippen LogP contribution in [0.1, 0.15) is 13.8 Å². The zero-order valence-corrected chi connectivity index (χ0v) is 22.1. The van der Waals surface area contributed by atoms with Gasteiger partial charge in [-0.15, -0.1) is 0 Å². The minimum absolute atomic E-state index is 0.00397. The summed E-state index contributed by atoms with van der Waals surface area (Å²) in [6, 6.07) is 10.7. The summed E-state index contributed by atoms with van der Waals surface area (Å²) in [6.07, 6.45) is 0. The number of β-lactam (4-membered cyclic amide) rings is 1. The summed E-state index contributed by atoms with van der Waals surface area (Å²) in [5.41, 5.74) is 2.86. The molecule has 0 radical (unpaired) electrons. The molecule has 1 fully saturated rings. The summed E-state index contributed by atoms with van der Waals surface area (Å²) >= 11 is 1.65. The first-order chi connectivity index (χ1) is 16.4. The molecule has 13 heteroatoms. The van der Waals surface area contributed by atoms with E-state index in [1.54, 1.807) is 22.6 Å². The molecule has 2 aliphatic carbocycles. The first kappa shape index (κ1) is 26.9. The number of ether oxygens (including phenoxy) is 1. The molecule has 4 atom stereocenters. The number of carbonyl (C=O) groups excluding carboxylic acids is 3. The predicted octanol–water partition coefficient (Wildman–Crippen LogP) is 3.45. The molecular formula is C22H19ClIN3O7S. The lowest BCUT2D eigenvalue weighted by Crippen LogP contribution is -2.81. The number of esters is 1. The van der Waals surface area contributed by atoms with E-state index in [9.17, 15) is 29.1 Å². The largest absolute Gasteiger partial charge is 0.597 e. The number of fused-ring (bicyclic) bond motifs is 1. The summed E-state index contributed by atoms with van der Waals surface area (Å²) in [7, 11) is 3.62. The van der Waals surface area contributed by atoms with Crippen molar-refractivity contribution in [2.45, 2.75) is 28.8 Å². The van der Waals surface area contributed by atoms with Gasteiger partial charge in [0.25, 0.3) is 14.5 Å². The van der Waals surface area contributed by atoms with Crippen molar-refractivity contribution in [2.24, 2.45) is 0 Å². The molecule has 1 N–H and O–H groups in total. The minimum Gasteiger partial charge on any atom is -0.597 e. The highest BCUT2D eigenvalue weighted by Crippen LogP contribution is 2.47. The van der Waals surface area contributed by atoms with Crippen LogP contribution < -0.4 is 10.1 Å². The third-order valence-electron chi connectivity index (χ3n) is 5.07. The second-order valence-electron chi connectivity index (χ2n) is 7.68. The molecule has 3 aliphatic rings. The smallest absolute Gasteiger partial charge is 0.338 e. The molecule has 4 rings (SSSR count). The second-order valence-corrected chi connectivity index (χ2v) is 12.0. The monoisotopic (exact) mass is 631 g/mol. The Morgan fingerprint density at radius 3 is 2.20 bits per heavy atom. The van der Waals surface area contributed by atoms with Gasteiger partial charge in [-0.25, -0.2) is 4.79 Å². The maximum absolute atomic E-state index is 12.7. The van der Waals surface area contributed by atoms with Crippen molar-refractivity contribution in [2.75, 3.05) is 0 Å². The van der Waals surface area contributed by atoms with E-state index >= 15 is 0 Å². The van der Waals surface area contributed by atoms with Gasteiger partial charge in [-0.3, -0.25) is 24.6 Å². The SMILES string of the molecule is C=C(C)C(C(=O)Oc1ccc([N+](=O)[O-])cc1)N1C(=O)C(NC(C)=O)C1(I)[S+]([O-])Cl.c1cc2cc-2c1. The Labute approximate surface area is 221 Å². The van der Waals surface area contributed by atoms with Gasteiger partial charge in [0, 0.05) is 41.6 Å². The zero-order chi connectivity index (χ0) is 26.1. The van der Waals surface area contributed by atoms with Gasteiger partial charge >= 0.3 is 5.97 Å². The number of amides is 2. The number of likely N-dealkylation sites (tertiary alicyclic amines) is 1. The number of non-ortho nitro benzene ring substituents is 1. The van der Waals surface area contributed by atoms with E-state index in [4.69, 9.17) is 15.4 Å². The van der Waals surface area contributed by atoms with Crippen molar-refractivity contribution in [1.29, 1.82) is 0 Å². The molecule has 1 aromatic carbocycles. The molecule has 2 amide bonds. The summed E-state index contributed by atoms with van der Waals surface area (Å²) in [5.74, 6) is -2.14. The van der Waals surface area contributed by atoms with E-state index < -0.39 is 48.1 Å². The van der Waals surface area contributed by atoms with Crippen molar-refractivity contribution < 1.29 is 28.6 Å². The van der Waals surface area contributed by atoms with Crippen molar-refractivity contribution in [3.05, 3.63) is 70.8 Å².